The van der Waals surface area contributed by atoms with Gasteiger partial charge in [0.05, 0.1) is 10.7 Å². The van der Waals surface area contributed by atoms with Crippen LogP contribution in [0.3, 0.4) is 0 Å². The molecule has 6 heteroatoms. The summed E-state index contributed by atoms with van der Waals surface area (Å²) in [6, 6.07) is 6.93. The van der Waals surface area contributed by atoms with E-state index in [0.29, 0.717) is 30.1 Å². The van der Waals surface area contributed by atoms with Gasteiger partial charge in [-0.05, 0) is 44.2 Å². The van der Waals surface area contributed by atoms with Crippen molar-refractivity contribution < 1.29 is 9.59 Å². The summed E-state index contributed by atoms with van der Waals surface area (Å²) in [6.07, 6.45) is 5.03. The van der Waals surface area contributed by atoms with Gasteiger partial charge in [0, 0.05) is 18.5 Å². The van der Waals surface area contributed by atoms with E-state index >= 15 is 0 Å². The number of amides is 2. The van der Waals surface area contributed by atoms with Crippen LogP contribution < -0.4 is 16.0 Å². The molecule has 1 saturated carbocycles. The van der Waals surface area contributed by atoms with E-state index < -0.39 is 6.04 Å². The van der Waals surface area contributed by atoms with Gasteiger partial charge in [0.2, 0.25) is 11.8 Å². The van der Waals surface area contributed by atoms with Gasteiger partial charge >= 0.3 is 0 Å². The van der Waals surface area contributed by atoms with Crippen molar-refractivity contribution in [2.24, 2.45) is 11.7 Å². The monoisotopic (exact) mass is 349 g/mol. The fourth-order valence-electron chi connectivity index (χ4n) is 3.67. The van der Waals surface area contributed by atoms with E-state index in [1.54, 1.807) is 11.0 Å². The molecular formula is C18H24ClN3O2. The fourth-order valence-corrected chi connectivity index (χ4v) is 3.91. The number of piperidine rings is 1. The molecule has 2 amide bonds. The number of halogens is 1. The number of nitrogens with two attached hydrogens (primary N) is 1. The molecule has 0 aromatic heterocycles. The summed E-state index contributed by atoms with van der Waals surface area (Å²) in [5.74, 6) is -0.190. The number of benzene rings is 1. The largest absolute Gasteiger partial charge is 0.344 e. The topological polar surface area (TPSA) is 75.4 Å². The number of carbonyl (C=O) groups excluding carboxylic acids is 2. The van der Waals surface area contributed by atoms with Gasteiger partial charge in [-0.15, -0.1) is 0 Å². The Morgan fingerprint density at radius 2 is 2.00 bits per heavy atom. The van der Waals surface area contributed by atoms with Crippen LogP contribution in [0.2, 0.25) is 5.02 Å². The molecule has 0 radical (unpaired) electrons. The third-order valence-corrected chi connectivity index (χ3v) is 5.30. The highest BCUT2D eigenvalue weighted by Crippen LogP contribution is 2.29. The summed E-state index contributed by atoms with van der Waals surface area (Å²) in [5.41, 5.74) is 6.68. The van der Waals surface area contributed by atoms with Crippen LogP contribution in [0.15, 0.2) is 24.3 Å². The Balaban J connectivity index is 1.67. The van der Waals surface area contributed by atoms with E-state index in [1.807, 2.05) is 18.2 Å². The molecular weight excluding hydrogens is 326 g/mol. The number of anilines is 1. The first-order valence-electron chi connectivity index (χ1n) is 8.68. The van der Waals surface area contributed by atoms with Crippen LogP contribution in [-0.2, 0) is 9.59 Å². The second-order valence-corrected chi connectivity index (χ2v) is 7.18. The van der Waals surface area contributed by atoms with E-state index in [1.165, 1.54) is 0 Å². The van der Waals surface area contributed by atoms with Gasteiger partial charge in [0.1, 0.15) is 6.04 Å². The highest BCUT2D eigenvalue weighted by Gasteiger charge is 2.34. The van der Waals surface area contributed by atoms with Crippen molar-refractivity contribution in [2.75, 3.05) is 11.4 Å². The number of carbonyl (C=O) groups is 2. The Morgan fingerprint density at radius 1 is 1.21 bits per heavy atom. The van der Waals surface area contributed by atoms with Crippen molar-refractivity contribution in [1.82, 2.24) is 5.32 Å². The lowest BCUT2D eigenvalue weighted by molar-refractivity contribution is -0.131. The van der Waals surface area contributed by atoms with Crippen molar-refractivity contribution in [2.45, 2.75) is 50.6 Å². The van der Waals surface area contributed by atoms with Crippen LogP contribution in [0.25, 0.3) is 0 Å². The number of rotatable bonds is 3. The van der Waals surface area contributed by atoms with Crippen LogP contribution >= 0.6 is 11.6 Å². The maximum Gasteiger partial charge on any atom is 0.249 e. The maximum atomic E-state index is 12.8. The smallest absolute Gasteiger partial charge is 0.249 e. The molecule has 2 fully saturated rings. The van der Waals surface area contributed by atoms with E-state index in [4.69, 9.17) is 17.3 Å². The summed E-state index contributed by atoms with van der Waals surface area (Å²) in [7, 11) is 0. The zero-order valence-corrected chi connectivity index (χ0v) is 14.5. The van der Waals surface area contributed by atoms with Gasteiger partial charge in [-0.1, -0.05) is 30.2 Å². The van der Waals surface area contributed by atoms with Gasteiger partial charge in [-0.25, -0.2) is 0 Å². The first kappa shape index (κ1) is 17.2. The lowest BCUT2D eigenvalue weighted by Gasteiger charge is -2.34. The molecule has 1 aliphatic carbocycles. The summed E-state index contributed by atoms with van der Waals surface area (Å²) in [4.78, 5) is 27.0. The first-order valence-corrected chi connectivity index (χ1v) is 9.06. The molecule has 1 saturated heterocycles. The van der Waals surface area contributed by atoms with Gasteiger partial charge < -0.3 is 16.0 Å². The van der Waals surface area contributed by atoms with Gasteiger partial charge in [-0.2, -0.15) is 0 Å². The predicted molar refractivity (Wildman–Crippen MR) is 94.9 cm³/mol. The molecule has 1 aromatic rings. The lowest BCUT2D eigenvalue weighted by atomic mass is 9.85. The molecule has 1 aliphatic heterocycles. The standard InChI is InChI=1S/C18H24ClN3O2/c19-14-7-1-2-9-16(14)22-10-4-8-15(18(22)24)21-17(23)12-5-3-6-13(20)11-12/h1-2,7,9,12-13,15H,3-6,8,10-11,20H2,(H,21,23)/t12-,13+,15-/m0/s1. The summed E-state index contributed by atoms with van der Waals surface area (Å²) in [5, 5.41) is 3.50. The molecule has 3 rings (SSSR count). The quantitative estimate of drug-likeness (QED) is 0.880. The molecule has 3 atom stereocenters. The average molecular weight is 350 g/mol. The fraction of sp³-hybridized carbons (Fsp3) is 0.556. The van der Waals surface area contributed by atoms with Crippen molar-refractivity contribution >= 4 is 29.1 Å². The predicted octanol–water partition coefficient (Wildman–Crippen LogP) is 2.47. The molecule has 3 N–H and O–H groups in total. The highest BCUT2D eigenvalue weighted by atomic mass is 35.5. The van der Waals surface area contributed by atoms with Crippen LogP contribution in [0.1, 0.15) is 38.5 Å². The second-order valence-electron chi connectivity index (χ2n) is 6.77. The number of hydrogen-bond acceptors (Lipinski definition) is 3. The number of hydrogen-bond donors (Lipinski definition) is 2. The number of nitrogens with zero attached hydrogens (tertiary/aromatic N) is 1. The molecule has 1 heterocycles. The van der Waals surface area contributed by atoms with E-state index in [2.05, 4.69) is 5.32 Å². The molecule has 2 aliphatic rings. The van der Waals surface area contributed by atoms with Gasteiger partial charge in [0.25, 0.3) is 0 Å². The van der Waals surface area contributed by atoms with Crippen molar-refractivity contribution in [3.05, 3.63) is 29.3 Å². The summed E-state index contributed by atoms with van der Waals surface area (Å²) in [6.45, 7) is 0.628. The van der Waals surface area contributed by atoms with E-state index in [0.717, 1.165) is 25.7 Å². The molecule has 130 valence electrons. The molecule has 0 unspecified atom stereocenters. The van der Waals surface area contributed by atoms with Crippen LogP contribution in [-0.4, -0.2) is 30.4 Å². The Morgan fingerprint density at radius 3 is 2.75 bits per heavy atom. The third-order valence-electron chi connectivity index (χ3n) is 4.98. The normalized spacial score (nSPS) is 27.8. The highest BCUT2D eigenvalue weighted by molar-refractivity contribution is 6.33. The molecule has 1 aromatic carbocycles. The number of para-hydroxylation sites is 1. The summed E-state index contributed by atoms with van der Waals surface area (Å²) >= 11 is 6.22. The molecule has 5 nitrogen and oxygen atoms in total. The minimum atomic E-state index is -0.472. The Kier molecular flexibility index (Phi) is 5.41. The number of nitrogens with one attached hydrogen (secondary N) is 1. The van der Waals surface area contributed by atoms with Gasteiger partial charge in [-0.3, -0.25) is 9.59 Å². The minimum absolute atomic E-state index is 0.0375. The first-order chi connectivity index (χ1) is 11.6. The van der Waals surface area contributed by atoms with Crippen LogP contribution in [0, 0.1) is 5.92 Å². The van der Waals surface area contributed by atoms with Crippen molar-refractivity contribution in [3.63, 3.8) is 0 Å². The third kappa shape index (κ3) is 3.73. The van der Waals surface area contributed by atoms with Gasteiger partial charge in [0.15, 0.2) is 0 Å². The molecule has 0 spiro atoms. The van der Waals surface area contributed by atoms with Crippen molar-refractivity contribution in [1.29, 1.82) is 0 Å². The van der Waals surface area contributed by atoms with E-state index in [9.17, 15) is 9.59 Å². The van der Waals surface area contributed by atoms with Crippen LogP contribution in [0.5, 0.6) is 0 Å². The SMILES string of the molecule is N[C@@H]1CCC[C@H](C(=O)N[C@H]2CCCN(c3ccccc3Cl)C2=O)C1. The van der Waals surface area contributed by atoms with E-state index in [-0.39, 0.29) is 23.8 Å². The zero-order valence-electron chi connectivity index (χ0n) is 13.7. The Labute approximate surface area is 147 Å². The lowest BCUT2D eigenvalue weighted by Crippen LogP contribution is -2.54. The van der Waals surface area contributed by atoms with Crippen molar-refractivity contribution in [3.8, 4) is 0 Å². The second kappa shape index (κ2) is 7.53. The molecule has 24 heavy (non-hydrogen) atoms. The molecule has 0 bridgehead atoms. The van der Waals surface area contributed by atoms with Crippen LogP contribution in [0.4, 0.5) is 5.69 Å². The zero-order chi connectivity index (χ0) is 17.1. The minimum Gasteiger partial charge on any atom is -0.344 e. The summed E-state index contributed by atoms with van der Waals surface area (Å²) < 4.78 is 0. The maximum absolute atomic E-state index is 12.8. The Hall–Kier alpha value is -1.59. The Bertz CT molecular complexity index is 622. The average Bonchev–Trinajstić information content (AvgIpc) is 2.57.